The predicted octanol–water partition coefficient (Wildman–Crippen LogP) is 4.64. The van der Waals surface area contributed by atoms with Crippen molar-refractivity contribution in [3.05, 3.63) is 19.1 Å². The lowest BCUT2D eigenvalue weighted by Crippen LogP contribution is -2.56. The smallest absolute Gasteiger partial charge is 0.306 e. The van der Waals surface area contributed by atoms with Crippen molar-refractivity contribution < 1.29 is 9.90 Å². The molecule has 0 aromatic carbocycles. The number of allylic oxidation sites excluding steroid dienone is 2. The minimum absolute atomic E-state index is 0.0102. The van der Waals surface area contributed by atoms with Gasteiger partial charge in [-0.15, -0.1) is 0 Å². The van der Waals surface area contributed by atoms with E-state index in [4.69, 9.17) is 0 Å². The summed E-state index contributed by atoms with van der Waals surface area (Å²) in [6.07, 6.45) is 12.1. The van der Waals surface area contributed by atoms with Crippen LogP contribution < -0.4 is 0 Å². The average molecular weight is 359 g/mol. The summed E-state index contributed by atoms with van der Waals surface area (Å²) < 4.78 is 0. The van der Waals surface area contributed by atoms with Crippen molar-refractivity contribution in [1.29, 1.82) is 0 Å². The first-order chi connectivity index (χ1) is 12.1. The number of fused-ring (bicyclic) bond motifs is 9. The maximum atomic E-state index is 11.2. The highest BCUT2D eigenvalue weighted by molar-refractivity contribution is 5.71. The third-order valence-corrected chi connectivity index (χ3v) is 8.81. The Labute approximate surface area is 159 Å². The zero-order valence-electron chi connectivity index (χ0n) is 16.9. The molecule has 1 N–H and O–H groups in total. The van der Waals surface area contributed by atoms with Crippen LogP contribution in [0.25, 0.3) is 0 Å². The molecule has 1 aliphatic heterocycles. The van der Waals surface area contributed by atoms with Gasteiger partial charge in [0.2, 0.25) is 0 Å². The lowest BCUT2D eigenvalue weighted by molar-refractivity contribution is -0.144. The van der Waals surface area contributed by atoms with Gasteiger partial charge in [0.25, 0.3) is 0 Å². The Morgan fingerprint density at radius 3 is 2.31 bits per heavy atom. The van der Waals surface area contributed by atoms with Gasteiger partial charge >= 0.3 is 5.97 Å². The van der Waals surface area contributed by atoms with Crippen LogP contribution in [0, 0.1) is 48.3 Å². The molecule has 1 heterocycles. The normalized spacial score (nSPS) is 50.4. The molecule has 4 fully saturated rings. The molecule has 4 bridgehead atoms. The molecule has 4 aliphatic carbocycles. The van der Waals surface area contributed by atoms with E-state index in [2.05, 4.69) is 51.8 Å². The Hall–Kier alpha value is -0.960. The minimum Gasteiger partial charge on any atom is -0.481 e. The molecule has 0 aromatic rings. The number of likely N-dealkylation sites (tertiary alicyclic amines) is 1. The van der Waals surface area contributed by atoms with E-state index in [1.54, 1.807) is 0 Å². The molecule has 5 rings (SSSR count). The first-order valence-electron chi connectivity index (χ1n) is 10.6. The van der Waals surface area contributed by atoms with E-state index >= 15 is 0 Å². The quantitative estimate of drug-likeness (QED) is 0.422. The highest BCUT2D eigenvalue weighted by Gasteiger charge is 2.62. The van der Waals surface area contributed by atoms with Gasteiger partial charge in [-0.1, -0.05) is 12.2 Å². The van der Waals surface area contributed by atoms with Crippen LogP contribution in [0.4, 0.5) is 0 Å². The lowest BCUT2D eigenvalue weighted by Gasteiger charge is -2.46. The van der Waals surface area contributed by atoms with Crippen LogP contribution in [0.5, 0.6) is 0 Å². The number of aliphatic carboxylic acids is 1. The van der Waals surface area contributed by atoms with Gasteiger partial charge in [0, 0.05) is 12.0 Å². The SMILES string of the molecule is O=C(O)C1CC2CC1C1C3C=CC(C3)C21.[CH2+]C1(C)CCCC(C)(C)N1C. The van der Waals surface area contributed by atoms with Crippen molar-refractivity contribution in [2.24, 2.45) is 41.4 Å². The van der Waals surface area contributed by atoms with Gasteiger partial charge in [0.15, 0.2) is 5.54 Å². The number of hydrogen-bond acceptors (Lipinski definition) is 2. The van der Waals surface area contributed by atoms with Crippen LogP contribution in [0.2, 0.25) is 0 Å². The summed E-state index contributed by atoms with van der Waals surface area (Å²) in [4.78, 5) is 13.6. The molecular formula is C23H36NO2+. The highest BCUT2D eigenvalue weighted by Crippen LogP contribution is 2.66. The zero-order valence-corrected chi connectivity index (χ0v) is 16.9. The van der Waals surface area contributed by atoms with Gasteiger partial charge in [-0.2, -0.15) is 0 Å². The number of carbonyl (C=O) groups is 1. The van der Waals surface area contributed by atoms with Crippen LogP contribution in [0.1, 0.15) is 59.3 Å². The summed E-state index contributed by atoms with van der Waals surface area (Å²) in [6.45, 7) is 11.1. The highest BCUT2D eigenvalue weighted by atomic mass is 16.4. The number of piperidine rings is 1. The average Bonchev–Trinajstić information content (AvgIpc) is 3.30. The molecular weight excluding hydrogens is 322 g/mol. The lowest BCUT2D eigenvalue weighted by atomic mass is 9.69. The van der Waals surface area contributed by atoms with Crippen molar-refractivity contribution in [3.63, 3.8) is 0 Å². The summed E-state index contributed by atoms with van der Waals surface area (Å²) in [5, 5.41) is 9.21. The molecule has 144 valence electrons. The van der Waals surface area contributed by atoms with E-state index in [0.29, 0.717) is 11.5 Å². The zero-order chi connectivity index (χ0) is 18.9. The summed E-state index contributed by atoms with van der Waals surface area (Å²) in [6, 6.07) is 0. The van der Waals surface area contributed by atoms with Crippen molar-refractivity contribution in [2.75, 3.05) is 7.05 Å². The van der Waals surface area contributed by atoms with Crippen LogP contribution in [-0.2, 0) is 4.79 Å². The fraction of sp³-hybridized carbons (Fsp3) is 0.826. The van der Waals surface area contributed by atoms with E-state index in [1.165, 1.54) is 32.1 Å². The molecule has 3 saturated carbocycles. The Morgan fingerprint density at radius 2 is 1.73 bits per heavy atom. The largest absolute Gasteiger partial charge is 0.481 e. The summed E-state index contributed by atoms with van der Waals surface area (Å²) >= 11 is 0. The molecule has 0 aromatic heterocycles. The molecule has 0 spiro atoms. The second-order valence-corrected chi connectivity index (χ2v) is 10.7. The molecule has 1 saturated heterocycles. The molecule has 3 heteroatoms. The van der Waals surface area contributed by atoms with Crippen molar-refractivity contribution >= 4 is 5.97 Å². The third-order valence-electron chi connectivity index (χ3n) is 8.81. The number of nitrogens with zero attached hydrogens (tertiary/aromatic N) is 1. The Kier molecular flexibility index (Phi) is 4.26. The second kappa shape index (κ2) is 6.02. The molecule has 26 heavy (non-hydrogen) atoms. The van der Waals surface area contributed by atoms with Crippen molar-refractivity contribution in [2.45, 2.75) is 70.4 Å². The van der Waals surface area contributed by atoms with Gasteiger partial charge in [-0.3, -0.25) is 9.69 Å². The monoisotopic (exact) mass is 358 g/mol. The van der Waals surface area contributed by atoms with Crippen LogP contribution >= 0.6 is 0 Å². The number of hydrogen-bond donors (Lipinski definition) is 1. The maximum absolute atomic E-state index is 11.2. The Balaban J connectivity index is 0.000000137. The first-order valence-corrected chi connectivity index (χ1v) is 10.6. The summed E-state index contributed by atoms with van der Waals surface area (Å²) in [5.41, 5.74) is 0.497. The van der Waals surface area contributed by atoms with Crippen molar-refractivity contribution in [3.8, 4) is 0 Å². The van der Waals surface area contributed by atoms with Crippen molar-refractivity contribution in [1.82, 2.24) is 4.90 Å². The Morgan fingerprint density at radius 1 is 1.08 bits per heavy atom. The number of carboxylic acids is 1. The first kappa shape index (κ1) is 18.4. The van der Waals surface area contributed by atoms with Crippen LogP contribution in [-0.4, -0.2) is 34.1 Å². The molecule has 0 radical (unpaired) electrons. The van der Waals surface area contributed by atoms with Crippen LogP contribution in [0.3, 0.4) is 0 Å². The fourth-order valence-electron chi connectivity index (χ4n) is 7.27. The standard InChI is InChI=1S/C13H16O2.C10H20N/c14-13(15)10-5-8-4-9(10)12-7-2-1-6(3-7)11(8)12;1-9(2)7-6-8-10(3,4)11(9)5/h1-2,6-12H,3-5H2,(H,14,15);1,6-8H2,2-5H3/q;+1. The summed E-state index contributed by atoms with van der Waals surface area (Å²) in [5.74, 6) is 3.84. The molecule has 5 aliphatic rings. The van der Waals surface area contributed by atoms with E-state index in [9.17, 15) is 9.90 Å². The van der Waals surface area contributed by atoms with Gasteiger partial charge in [0.1, 0.15) is 0 Å². The number of carboxylic acid groups (broad SMARTS) is 1. The predicted molar refractivity (Wildman–Crippen MR) is 105 cm³/mol. The minimum atomic E-state index is -0.535. The third kappa shape index (κ3) is 2.73. The van der Waals surface area contributed by atoms with E-state index in [1.807, 2.05) is 0 Å². The topological polar surface area (TPSA) is 40.5 Å². The van der Waals surface area contributed by atoms with E-state index in [0.717, 1.165) is 36.0 Å². The fourth-order valence-corrected chi connectivity index (χ4v) is 7.27. The molecule has 8 unspecified atom stereocenters. The molecule has 0 amide bonds. The van der Waals surface area contributed by atoms with Crippen LogP contribution in [0.15, 0.2) is 12.2 Å². The number of rotatable bonds is 1. The molecule has 3 nitrogen and oxygen atoms in total. The van der Waals surface area contributed by atoms with Gasteiger partial charge in [-0.05, 0) is 95.4 Å². The summed E-state index contributed by atoms with van der Waals surface area (Å²) in [7, 11) is 2.19. The van der Waals surface area contributed by atoms with E-state index in [-0.39, 0.29) is 11.5 Å². The van der Waals surface area contributed by atoms with E-state index < -0.39 is 5.97 Å². The molecule has 8 atom stereocenters. The second-order valence-electron chi connectivity index (χ2n) is 10.7. The maximum Gasteiger partial charge on any atom is 0.306 e. The van der Waals surface area contributed by atoms with Gasteiger partial charge < -0.3 is 5.11 Å². The Bertz CT molecular complexity index is 591. The van der Waals surface area contributed by atoms with Gasteiger partial charge in [0.05, 0.1) is 12.8 Å². The van der Waals surface area contributed by atoms with Gasteiger partial charge in [-0.25, -0.2) is 0 Å².